The highest BCUT2D eigenvalue weighted by Gasteiger charge is 2.34. The van der Waals surface area contributed by atoms with Crippen LogP contribution in [0.3, 0.4) is 0 Å². The minimum absolute atomic E-state index is 0.0739. The number of amides is 1. The number of carboxylic acid groups (broad SMARTS) is 1. The van der Waals surface area contributed by atoms with Crippen LogP contribution in [0.5, 0.6) is 5.88 Å². The third-order valence-corrected chi connectivity index (χ3v) is 5.22. The number of aromatic nitrogens is 2. The first-order valence-electron chi connectivity index (χ1n) is 8.94. The summed E-state index contributed by atoms with van der Waals surface area (Å²) in [7, 11) is 1.56. The van der Waals surface area contributed by atoms with Gasteiger partial charge in [0.05, 0.1) is 37.6 Å². The number of hydrogen-bond acceptors (Lipinski definition) is 5. The summed E-state index contributed by atoms with van der Waals surface area (Å²) in [5.41, 5.74) is 2.06. The van der Waals surface area contributed by atoms with Gasteiger partial charge in [-0.15, -0.1) is 0 Å². The Hall–Kier alpha value is -2.87. The summed E-state index contributed by atoms with van der Waals surface area (Å²) in [5, 5.41) is 9.47. The molecule has 142 valence electrons. The summed E-state index contributed by atoms with van der Waals surface area (Å²) in [5.74, 6) is -0.661. The Morgan fingerprint density at radius 1 is 1.33 bits per heavy atom. The second-order valence-corrected chi connectivity index (χ2v) is 6.69. The molecule has 1 amide bonds. The second-order valence-electron chi connectivity index (χ2n) is 6.69. The average Bonchev–Trinajstić information content (AvgIpc) is 3.33. The molecule has 27 heavy (non-hydrogen) atoms. The second kappa shape index (κ2) is 7.03. The molecule has 1 atom stereocenters. The molecular weight excluding hydrogens is 350 g/mol. The van der Waals surface area contributed by atoms with E-state index in [9.17, 15) is 14.7 Å². The number of carboxylic acids is 1. The van der Waals surface area contributed by atoms with Gasteiger partial charge in [0.1, 0.15) is 5.69 Å². The van der Waals surface area contributed by atoms with Gasteiger partial charge in [-0.05, 0) is 24.5 Å². The normalized spacial score (nSPS) is 19.0. The van der Waals surface area contributed by atoms with E-state index in [-0.39, 0.29) is 24.1 Å². The number of rotatable bonds is 4. The molecule has 0 aliphatic carbocycles. The van der Waals surface area contributed by atoms with Crippen LogP contribution in [0.15, 0.2) is 24.4 Å². The lowest BCUT2D eigenvalue weighted by Gasteiger charge is -2.26. The lowest BCUT2D eigenvalue weighted by atomic mass is 10.1. The van der Waals surface area contributed by atoms with E-state index in [2.05, 4.69) is 4.98 Å². The first-order chi connectivity index (χ1) is 13.1. The van der Waals surface area contributed by atoms with Crippen LogP contribution in [0.1, 0.15) is 51.0 Å². The van der Waals surface area contributed by atoms with Crippen molar-refractivity contribution in [3.8, 4) is 5.88 Å². The molecule has 1 fully saturated rings. The zero-order valence-corrected chi connectivity index (χ0v) is 15.1. The molecule has 4 heterocycles. The molecule has 8 heteroatoms. The van der Waals surface area contributed by atoms with E-state index >= 15 is 0 Å². The number of aromatic carboxylic acids is 1. The summed E-state index contributed by atoms with van der Waals surface area (Å²) in [6.45, 7) is 1.79. The Kier molecular flexibility index (Phi) is 4.57. The minimum atomic E-state index is -1.04. The van der Waals surface area contributed by atoms with E-state index in [1.165, 1.54) is 6.07 Å². The van der Waals surface area contributed by atoms with Crippen molar-refractivity contribution in [2.75, 3.05) is 20.3 Å². The smallest absolute Gasteiger partial charge is 0.337 e. The maximum Gasteiger partial charge on any atom is 0.337 e. The molecule has 4 rings (SSSR count). The van der Waals surface area contributed by atoms with Gasteiger partial charge in [-0.1, -0.05) is 6.07 Å². The number of carbonyl (C=O) groups excluding carboxylic acids is 1. The molecule has 8 nitrogen and oxygen atoms in total. The molecule has 2 aromatic rings. The summed E-state index contributed by atoms with van der Waals surface area (Å²) in [6.07, 6.45) is 3.48. The predicted molar refractivity (Wildman–Crippen MR) is 94.8 cm³/mol. The van der Waals surface area contributed by atoms with E-state index < -0.39 is 5.97 Å². The van der Waals surface area contributed by atoms with Crippen molar-refractivity contribution in [2.45, 2.75) is 32.0 Å². The van der Waals surface area contributed by atoms with Gasteiger partial charge in [0, 0.05) is 25.4 Å². The number of fused-ring (bicyclic) bond motifs is 1. The topological polar surface area (TPSA) is 93.9 Å². The largest absolute Gasteiger partial charge is 0.481 e. The van der Waals surface area contributed by atoms with Crippen molar-refractivity contribution in [1.29, 1.82) is 0 Å². The number of nitrogens with zero attached hydrogens (tertiary/aromatic N) is 3. The number of carbonyl (C=O) groups is 2. The molecule has 2 aliphatic rings. The van der Waals surface area contributed by atoms with Gasteiger partial charge in [0.25, 0.3) is 5.91 Å². The molecule has 1 unspecified atom stereocenters. The van der Waals surface area contributed by atoms with Crippen LogP contribution in [0.2, 0.25) is 0 Å². The zero-order valence-electron chi connectivity index (χ0n) is 15.1. The maximum atomic E-state index is 13.3. The highest BCUT2D eigenvalue weighted by molar-refractivity contribution is 5.98. The van der Waals surface area contributed by atoms with Crippen molar-refractivity contribution in [3.63, 3.8) is 0 Å². The number of ether oxygens (including phenoxy) is 2. The molecule has 0 radical (unpaired) electrons. The van der Waals surface area contributed by atoms with Crippen molar-refractivity contribution in [2.24, 2.45) is 0 Å². The lowest BCUT2D eigenvalue weighted by Crippen LogP contribution is -2.33. The Morgan fingerprint density at radius 3 is 2.89 bits per heavy atom. The zero-order chi connectivity index (χ0) is 19.0. The summed E-state index contributed by atoms with van der Waals surface area (Å²) >= 11 is 0. The van der Waals surface area contributed by atoms with Gasteiger partial charge in [0.2, 0.25) is 5.88 Å². The molecule has 0 spiro atoms. The van der Waals surface area contributed by atoms with E-state index in [1.54, 1.807) is 23.9 Å². The van der Waals surface area contributed by atoms with Gasteiger partial charge < -0.3 is 24.0 Å². The van der Waals surface area contributed by atoms with Crippen LogP contribution in [0.4, 0.5) is 0 Å². The fraction of sp³-hybridized carbons (Fsp3) is 0.421. The van der Waals surface area contributed by atoms with Crippen LogP contribution in [0, 0.1) is 0 Å². The Morgan fingerprint density at radius 2 is 2.19 bits per heavy atom. The quantitative estimate of drug-likeness (QED) is 0.885. The maximum absolute atomic E-state index is 13.3. The van der Waals surface area contributed by atoms with Gasteiger partial charge >= 0.3 is 5.97 Å². The fourth-order valence-corrected chi connectivity index (χ4v) is 3.90. The van der Waals surface area contributed by atoms with Crippen molar-refractivity contribution >= 4 is 11.9 Å². The van der Waals surface area contributed by atoms with Crippen molar-refractivity contribution < 1.29 is 24.2 Å². The first-order valence-corrected chi connectivity index (χ1v) is 8.94. The van der Waals surface area contributed by atoms with E-state index in [0.29, 0.717) is 37.0 Å². The molecule has 0 aromatic carbocycles. The predicted octanol–water partition coefficient (Wildman–Crippen LogP) is 2.10. The van der Waals surface area contributed by atoms with E-state index in [0.717, 1.165) is 18.4 Å². The molecule has 0 saturated carbocycles. The van der Waals surface area contributed by atoms with Crippen LogP contribution in [-0.2, 0) is 17.9 Å². The number of hydrogen-bond donors (Lipinski definition) is 1. The van der Waals surface area contributed by atoms with Gasteiger partial charge in [-0.2, -0.15) is 0 Å². The SMILES string of the molecule is COc1ccc(C2CCCN2C(=O)c2cc(C(=O)O)c3n2CCOC3)cn1. The third-order valence-electron chi connectivity index (χ3n) is 5.22. The third kappa shape index (κ3) is 3.06. The Labute approximate surface area is 156 Å². The van der Waals surface area contributed by atoms with E-state index in [1.807, 2.05) is 11.0 Å². The fourth-order valence-electron chi connectivity index (χ4n) is 3.90. The lowest BCUT2D eigenvalue weighted by molar-refractivity contribution is 0.0637. The monoisotopic (exact) mass is 371 g/mol. The summed E-state index contributed by atoms with van der Waals surface area (Å²) in [6, 6.07) is 5.12. The molecular formula is C19H21N3O5. The van der Waals surface area contributed by atoms with Gasteiger partial charge in [-0.3, -0.25) is 4.79 Å². The van der Waals surface area contributed by atoms with E-state index in [4.69, 9.17) is 9.47 Å². The molecule has 2 aromatic heterocycles. The standard InChI is InChI=1S/C19H21N3O5/c1-26-17-5-4-12(10-20-17)14-3-2-6-22(14)18(23)15-9-13(19(24)25)16-11-27-8-7-21(15)16/h4-5,9-10,14H,2-3,6-8,11H2,1H3,(H,24,25). The summed E-state index contributed by atoms with van der Waals surface area (Å²) in [4.78, 5) is 30.9. The van der Waals surface area contributed by atoms with Gasteiger partial charge in [0.15, 0.2) is 0 Å². The summed E-state index contributed by atoms with van der Waals surface area (Å²) < 4.78 is 12.3. The van der Waals surface area contributed by atoms with Crippen molar-refractivity contribution in [1.82, 2.24) is 14.5 Å². The Bertz CT molecular complexity index is 874. The molecule has 1 saturated heterocycles. The van der Waals surface area contributed by atoms with Crippen LogP contribution in [0.25, 0.3) is 0 Å². The van der Waals surface area contributed by atoms with Crippen LogP contribution >= 0.6 is 0 Å². The molecule has 1 N–H and O–H groups in total. The molecule has 2 aliphatic heterocycles. The van der Waals surface area contributed by atoms with Gasteiger partial charge in [-0.25, -0.2) is 9.78 Å². The number of pyridine rings is 1. The number of likely N-dealkylation sites (tertiary alicyclic amines) is 1. The van der Waals surface area contributed by atoms with Crippen molar-refractivity contribution in [3.05, 3.63) is 46.9 Å². The average molecular weight is 371 g/mol. The highest BCUT2D eigenvalue weighted by Crippen LogP contribution is 2.34. The molecule has 0 bridgehead atoms. The first kappa shape index (κ1) is 17.5. The number of methoxy groups -OCH3 is 1. The highest BCUT2D eigenvalue weighted by atomic mass is 16.5. The minimum Gasteiger partial charge on any atom is -0.481 e. The van der Waals surface area contributed by atoms with Crippen LogP contribution < -0.4 is 4.74 Å². The van der Waals surface area contributed by atoms with Crippen LogP contribution in [-0.4, -0.2) is 51.7 Å². The Balaban J connectivity index is 1.66.